The number of amides is 2. The first kappa shape index (κ1) is 19.0. The fourth-order valence-electron chi connectivity index (χ4n) is 4.37. The van der Waals surface area contributed by atoms with Crippen LogP contribution in [0.3, 0.4) is 0 Å². The number of halogens is 1. The number of rotatable bonds is 4. The van der Waals surface area contributed by atoms with Crippen LogP contribution in [-0.4, -0.2) is 29.8 Å². The number of carbonyl (C=O) groups excluding carboxylic acids is 2. The summed E-state index contributed by atoms with van der Waals surface area (Å²) in [5, 5.41) is 3.67. The SMILES string of the molecule is O=C(Nc1ccccc1)[C@@H]1CCCN(C(=O)C2(c3ccc(Cl)cc3)CCC2)C1. The summed E-state index contributed by atoms with van der Waals surface area (Å²) in [5.74, 6) is -0.00335. The van der Waals surface area contributed by atoms with E-state index in [2.05, 4.69) is 5.32 Å². The maximum absolute atomic E-state index is 13.5. The van der Waals surface area contributed by atoms with Gasteiger partial charge in [-0.1, -0.05) is 48.4 Å². The fourth-order valence-corrected chi connectivity index (χ4v) is 4.50. The van der Waals surface area contributed by atoms with Crippen LogP contribution in [0, 0.1) is 5.92 Å². The molecule has 4 nitrogen and oxygen atoms in total. The lowest BCUT2D eigenvalue weighted by molar-refractivity contribution is -0.143. The average molecular weight is 397 g/mol. The van der Waals surface area contributed by atoms with Gasteiger partial charge in [-0.15, -0.1) is 0 Å². The number of benzene rings is 2. The molecular weight excluding hydrogens is 372 g/mol. The molecule has 0 aromatic heterocycles. The van der Waals surface area contributed by atoms with Gasteiger partial charge in [0.1, 0.15) is 0 Å². The molecule has 0 radical (unpaired) electrons. The maximum Gasteiger partial charge on any atom is 0.233 e. The van der Waals surface area contributed by atoms with Gasteiger partial charge in [0.25, 0.3) is 0 Å². The highest BCUT2D eigenvalue weighted by molar-refractivity contribution is 6.30. The summed E-state index contributed by atoms with van der Waals surface area (Å²) in [5.41, 5.74) is 1.40. The summed E-state index contributed by atoms with van der Waals surface area (Å²) >= 11 is 6.03. The van der Waals surface area contributed by atoms with Crippen molar-refractivity contribution < 1.29 is 9.59 Å². The number of nitrogens with one attached hydrogen (secondary N) is 1. The predicted molar refractivity (Wildman–Crippen MR) is 111 cm³/mol. The third kappa shape index (κ3) is 3.66. The van der Waals surface area contributed by atoms with E-state index in [0.717, 1.165) is 49.9 Å². The summed E-state index contributed by atoms with van der Waals surface area (Å²) in [6, 6.07) is 17.2. The van der Waals surface area contributed by atoms with E-state index >= 15 is 0 Å². The Bertz CT molecular complexity index is 847. The molecule has 146 valence electrons. The molecule has 1 atom stereocenters. The van der Waals surface area contributed by atoms with E-state index in [-0.39, 0.29) is 17.7 Å². The Labute approximate surface area is 170 Å². The second-order valence-electron chi connectivity index (χ2n) is 7.89. The summed E-state index contributed by atoms with van der Waals surface area (Å²) in [4.78, 5) is 28.1. The van der Waals surface area contributed by atoms with Gasteiger partial charge in [-0.2, -0.15) is 0 Å². The Kier molecular flexibility index (Phi) is 5.40. The highest BCUT2D eigenvalue weighted by atomic mass is 35.5. The molecule has 2 fully saturated rings. The maximum atomic E-state index is 13.5. The van der Waals surface area contributed by atoms with Crippen LogP contribution >= 0.6 is 11.6 Å². The first-order valence-electron chi connectivity index (χ1n) is 10.00. The van der Waals surface area contributed by atoms with Crippen LogP contribution in [0.2, 0.25) is 5.02 Å². The molecular formula is C23H25ClN2O2. The van der Waals surface area contributed by atoms with Crippen LogP contribution in [0.15, 0.2) is 54.6 Å². The van der Waals surface area contributed by atoms with E-state index < -0.39 is 5.41 Å². The summed E-state index contributed by atoms with van der Waals surface area (Å²) in [7, 11) is 0. The van der Waals surface area contributed by atoms with Crippen LogP contribution in [0.1, 0.15) is 37.7 Å². The number of piperidine rings is 1. The zero-order valence-electron chi connectivity index (χ0n) is 15.9. The number of anilines is 1. The van der Waals surface area contributed by atoms with Crippen LogP contribution in [0.5, 0.6) is 0 Å². The fraction of sp³-hybridized carbons (Fsp3) is 0.391. The zero-order chi connectivity index (χ0) is 19.6. The van der Waals surface area contributed by atoms with Crippen LogP contribution in [0.25, 0.3) is 0 Å². The molecule has 0 spiro atoms. The van der Waals surface area contributed by atoms with Gasteiger partial charge in [0, 0.05) is 23.8 Å². The third-order valence-electron chi connectivity index (χ3n) is 6.13. The van der Waals surface area contributed by atoms with Gasteiger partial charge >= 0.3 is 0 Å². The lowest BCUT2D eigenvalue weighted by atomic mass is 9.63. The number of nitrogens with zero attached hydrogens (tertiary/aromatic N) is 1. The zero-order valence-corrected chi connectivity index (χ0v) is 16.6. The van der Waals surface area contributed by atoms with Crippen molar-refractivity contribution in [3.05, 3.63) is 65.2 Å². The highest BCUT2D eigenvalue weighted by Crippen LogP contribution is 2.46. The average Bonchev–Trinajstić information content (AvgIpc) is 2.69. The monoisotopic (exact) mass is 396 g/mol. The Balaban J connectivity index is 1.47. The molecule has 1 aliphatic heterocycles. The minimum Gasteiger partial charge on any atom is -0.341 e. The normalized spacial score (nSPS) is 20.9. The molecule has 2 amide bonds. The minimum absolute atomic E-state index is 0.00199. The van der Waals surface area contributed by atoms with Crippen molar-refractivity contribution in [2.45, 2.75) is 37.5 Å². The highest BCUT2D eigenvalue weighted by Gasteiger charge is 2.48. The summed E-state index contributed by atoms with van der Waals surface area (Å²) in [6.07, 6.45) is 4.46. The molecule has 1 N–H and O–H groups in total. The topological polar surface area (TPSA) is 49.4 Å². The molecule has 2 aliphatic rings. The van der Waals surface area contributed by atoms with Crippen LogP contribution in [0.4, 0.5) is 5.69 Å². The lowest BCUT2D eigenvalue weighted by Crippen LogP contribution is -2.54. The molecule has 0 bridgehead atoms. The van der Waals surface area contributed by atoms with Crippen molar-refractivity contribution >= 4 is 29.1 Å². The van der Waals surface area contributed by atoms with Gasteiger partial charge in [-0.25, -0.2) is 0 Å². The standard InChI is InChI=1S/C23H25ClN2O2/c24-19-11-9-18(10-12-19)23(13-5-14-23)22(28)26-15-4-6-17(16-26)21(27)25-20-7-2-1-3-8-20/h1-3,7-12,17H,4-6,13-16H2,(H,25,27)/t17-/m1/s1. The molecule has 1 saturated carbocycles. The third-order valence-corrected chi connectivity index (χ3v) is 6.39. The van der Waals surface area contributed by atoms with Gasteiger partial charge in [-0.05, 0) is 55.5 Å². The number of carbonyl (C=O) groups is 2. The van der Waals surface area contributed by atoms with Crippen molar-refractivity contribution in [1.29, 1.82) is 0 Å². The molecule has 0 unspecified atom stereocenters. The van der Waals surface area contributed by atoms with Crippen molar-refractivity contribution in [3.8, 4) is 0 Å². The molecule has 1 saturated heterocycles. The number of likely N-dealkylation sites (tertiary alicyclic amines) is 1. The molecule has 1 heterocycles. The second kappa shape index (κ2) is 7.96. The van der Waals surface area contributed by atoms with Gasteiger partial charge < -0.3 is 10.2 Å². The molecule has 4 rings (SSSR count). The van der Waals surface area contributed by atoms with Crippen LogP contribution in [-0.2, 0) is 15.0 Å². The largest absolute Gasteiger partial charge is 0.341 e. The lowest BCUT2D eigenvalue weighted by Gasteiger charge is -2.45. The number of hydrogen-bond acceptors (Lipinski definition) is 2. The Morgan fingerprint density at radius 3 is 2.36 bits per heavy atom. The molecule has 28 heavy (non-hydrogen) atoms. The van der Waals surface area contributed by atoms with E-state index in [9.17, 15) is 9.59 Å². The molecule has 1 aliphatic carbocycles. The first-order chi connectivity index (χ1) is 13.6. The molecule has 5 heteroatoms. The van der Waals surface area contributed by atoms with E-state index in [4.69, 9.17) is 11.6 Å². The van der Waals surface area contributed by atoms with Crippen molar-refractivity contribution in [2.75, 3.05) is 18.4 Å². The van der Waals surface area contributed by atoms with Gasteiger partial charge in [0.05, 0.1) is 11.3 Å². The van der Waals surface area contributed by atoms with Crippen molar-refractivity contribution in [3.63, 3.8) is 0 Å². The summed E-state index contributed by atoms with van der Waals surface area (Å²) in [6.45, 7) is 1.22. The van der Waals surface area contributed by atoms with E-state index in [1.54, 1.807) is 0 Å². The predicted octanol–water partition coefficient (Wildman–Crippen LogP) is 4.64. The van der Waals surface area contributed by atoms with E-state index in [1.165, 1.54) is 0 Å². The van der Waals surface area contributed by atoms with Crippen molar-refractivity contribution in [2.24, 2.45) is 5.92 Å². The Morgan fingerprint density at radius 1 is 1.00 bits per heavy atom. The Hall–Kier alpha value is -2.33. The van der Waals surface area contributed by atoms with Crippen LogP contribution < -0.4 is 5.32 Å². The number of hydrogen-bond donors (Lipinski definition) is 1. The second-order valence-corrected chi connectivity index (χ2v) is 8.32. The van der Waals surface area contributed by atoms with E-state index in [0.29, 0.717) is 11.6 Å². The van der Waals surface area contributed by atoms with Gasteiger partial charge in [-0.3, -0.25) is 9.59 Å². The minimum atomic E-state index is -0.442. The molecule has 2 aromatic carbocycles. The smallest absolute Gasteiger partial charge is 0.233 e. The summed E-state index contributed by atoms with van der Waals surface area (Å²) < 4.78 is 0. The van der Waals surface area contributed by atoms with Gasteiger partial charge in [0.2, 0.25) is 11.8 Å². The first-order valence-corrected chi connectivity index (χ1v) is 10.4. The number of para-hydroxylation sites is 1. The molecule has 2 aromatic rings. The van der Waals surface area contributed by atoms with Gasteiger partial charge in [0.15, 0.2) is 0 Å². The Morgan fingerprint density at radius 2 is 1.71 bits per heavy atom. The van der Waals surface area contributed by atoms with Crippen molar-refractivity contribution in [1.82, 2.24) is 4.90 Å². The van der Waals surface area contributed by atoms with E-state index in [1.807, 2.05) is 59.5 Å². The quantitative estimate of drug-likeness (QED) is 0.818.